The number of hydrogen-bond acceptors (Lipinski definition) is 12. The van der Waals surface area contributed by atoms with Crippen molar-refractivity contribution in [2.75, 3.05) is 88.3 Å². The fourth-order valence-electron chi connectivity index (χ4n) is 5.13. The van der Waals surface area contributed by atoms with Gasteiger partial charge in [0.1, 0.15) is 0 Å². The Kier molecular flexibility index (Phi) is 7.56. The fraction of sp³-hybridized carbons (Fsp3) is 0.429. The Morgan fingerprint density at radius 3 is 1.35 bits per heavy atom. The minimum atomic E-state index is 0.248. The van der Waals surface area contributed by atoms with Crippen molar-refractivity contribution < 1.29 is 18.9 Å². The molecule has 0 aromatic heterocycles. The fourth-order valence-corrected chi connectivity index (χ4v) is 5.13. The molecule has 0 radical (unpaired) electrons. The smallest absolute Gasteiger partial charge is 0.231 e. The van der Waals surface area contributed by atoms with Crippen LogP contribution in [-0.4, -0.2) is 85.8 Å². The van der Waals surface area contributed by atoms with Crippen LogP contribution >= 0.6 is 0 Å². The molecule has 2 aromatic carbocycles. The van der Waals surface area contributed by atoms with E-state index in [-0.39, 0.29) is 13.6 Å². The van der Waals surface area contributed by atoms with Crippen LogP contribution in [0.5, 0.6) is 23.0 Å². The van der Waals surface area contributed by atoms with Crippen molar-refractivity contribution >= 4 is 22.7 Å². The van der Waals surface area contributed by atoms with E-state index in [2.05, 4.69) is 55.0 Å². The SMILES string of the molecule is Nc1cc2c(cc1NCCN1C=CN(CCCCN3C=CN(CCNc4cc5c(cc4N)OCO5)C3)C1)OCO2. The minimum Gasteiger partial charge on any atom is -0.454 e. The molecule has 12 nitrogen and oxygen atoms in total. The van der Waals surface area contributed by atoms with Crippen LogP contribution in [0.1, 0.15) is 12.8 Å². The molecule has 12 heteroatoms. The van der Waals surface area contributed by atoms with Crippen LogP contribution in [0.2, 0.25) is 0 Å². The average molecular weight is 551 g/mol. The molecule has 0 atom stereocenters. The largest absolute Gasteiger partial charge is 0.454 e. The van der Waals surface area contributed by atoms with Gasteiger partial charge >= 0.3 is 0 Å². The third kappa shape index (κ3) is 6.05. The van der Waals surface area contributed by atoms with Gasteiger partial charge in [0.05, 0.1) is 36.1 Å². The zero-order valence-corrected chi connectivity index (χ0v) is 22.7. The van der Waals surface area contributed by atoms with Crippen LogP contribution in [0.15, 0.2) is 49.1 Å². The number of nitrogens with two attached hydrogens (primary N) is 2. The summed E-state index contributed by atoms with van der Waals surface area (Å²) in [5.41, 5.74) is 15.4. The second kappa shape index (κ2) is 11.7. The van der Waals surface area contributed by atoms with E-state index in [1.807, 2.05) is 24.3 Å². The lowest BCUT2D eigenvalue weighted by Crippen LogP contribution is -2.31. The van der Waals surface area contributed by atoms with Gasteiger partial charge in [-0.1, -0.05) is 0 Å². The Bertz CT molecular complexity index is 1160. The number of fused-ring (bicyclic) bond motifs is 2. The highest BCUT2D eigenvalue weighted by molar-refractivity contribution is 5.73. The van der Waals surface area contributed by atoms with E-state index in [0.29, 0.717) is 22.9 Å². The summed E-state index contributed by atoms with van der Waals surface area (Å²) in [5.74, 6) is 2.88. The number of benzene rings is 2. The molecule has 4 aliphatic rings. The molecule has 0 unspecified atom stereocenters. The molecule has 40 heavy (non-hydrogen) atoms. The summed E-state index contributed by atoms with van der Waals surface area (Å²) in [5, 5.41) is 6.83. The summed E-state index contributed by atoms with van der Waals surface area (Å²) >= 11 is 0. The van der Waals surface area contributed by atoms with E-state index in [1.54, 1.807) is 0 Å². The monoisotopic (exact) mass is 550 g/mol. The van der Waals surface area contributed by atoms with Crippen molar-refractivity contribution in [2.45, 2.75) is 12.8 Å². The summed E-state index contributed by atoms with van der Waals surface area (Å²) in [7, 11) is 0. The topological polar surface area (TPSA) is 126 Å². The number of rotatable bonds is 13. The van der Waals surface area contributed by atoms with Crippen molar-refractivity contribution in [3.63, 3.8) is 0 Å². The van der Waals surface area contributed by atoms with Gasteiger partial charge in [-0.2, -0.15) is 0 Å². The molecule has 0 saturated heterocycles. The van der Waals surface area contributed by atoms with E-state index in [0.717, 1.165) is 88.3 Å². The Morgan fingerprint density at radius 1 is 0.550 bits per heavy atom. The first-order valence-electron chi connectivity index (χ1n) is 13.8. The standard InChI is InChI=1S/C28H38N8O4/c29-21-13-25-27(39-19-37-25)15-23(21)31-3-7-35-11-9-33(17-35)5-1-2-6-34-10-12-36(18-34)8-4-32-24-16-28-26(14-22(24)30)38-20-40-28/h9-16,31-32H,1-8,17-20,29-30H2. The first-order valence-corrected chi connectivity index (χ1v) is 13.8. The number of ether oxygens (including phenoxy) is 4. The number of nitrogen functional groups attached to an aromatic ring is 2. The molecule has 4 aliphatic heterocycles. The van der Waals surface area contributed by atoms with Crippen LogP contribution in [0, 0.1) is 0 Å². The molecule has 6 N–H and O–H groups in total. The van der Waals surface area contributed by atoms with Crippen molar-refractivity contribution in [3.8, 4) is 23.0 Å². The quantitative estimate of drug-likeness (QED) is 0.216. The highest BCUT2D eigenvalue weighted by Crippen LogP contribution is 2.39. The first-order chi connectivity index (χ1) is 19.6. The summed E-state index contributed by atoms with van der Waals surface area (Å²) in [6.07, 6.45) is 11.0. The van der Waals surface area contributed by atoms with E-state index >= 15 is 0 Å². The summed E-state index contributed by atoms with van der Waals surface area (Å²) in [6, 6.07) is 7.45. The molecule has 0 saturated carbocycles. The third-order valence-corrected chi connectivity index (χ3v) is 7.36. The maximum Gasteiger partial charge on any atom is 0.231 e. The van der Waals surface area contributed by atoms with Crippen molar-refractivity contribution in [2.24, 2.45) is 0 Å². The summed E-state index contributed by atoms with van der Waals surface area (Å²) in [6.45, 7) is 7.80. The molecule has 0 amide bonds. The maximum absolute atomic E-state index is 6.14. The highest BCUT2D eigenvalue weighted by atomic mass is 16.7. The van der Waals surface area contributed by atoms with Crippen LogP contribution < -0.4 is 41.0 Å². The van der Waals surface area contributed by atoms with E-state index in [1.165, 1.54) is 0 Å². The molecule has 214 valence electrons. The molecule has 4 heterocycles. The number of hydrogen-bond donors (Lipinski definition) is 4. The number of nitrogens with zero attached hydrogens (tertiary/aromatic N) is 4. The van der Waals surface area contributed by atoms with Crippen LogP contribution in [0.4, 0.5) is 22.7 Å². The first kappa shape index (κ1) is 25.8. The van der Waals surface area contributed by atoms with Gasteiger partial charge in [-0.3, -0.25) is 0 Å². The second-order valence-corrected chi connectivity index (χ2v) is 10.3. The summed E-state index contributed by atoms with van der Waals surface area (Å²) in [4.78, 5) is 9.36. The number of unbranched alkanes of at least 4 members (excludes halogenated alkanes) is 1. The van der Waals surface area contributed by atoms with Gasteiger partial charge in [-0.05, 0) is 12.8 Å². The molecule has 0 fully saturated rings. The van der Waals surface area contributed by atoms with E-state index in [4.69, 9.17) is 30.4 Å². The van der Waals surface area contributed by atoms with Crippen LogP contribution in [0.25, 0.3) is 0 Å². The van der Waals surface area contributed by atoms with Crippen LogP contribution in [-0.2, 0) is 0 Å². The number of anilines is 4. The lowest BCUT2D eigenvalue weighted by molar-refractivity contribution is 0.173. The predicted octanol–water partition coefficient (Wildman–Crippen LogP) is 2.71. The van der Waals surface area contributed by atoms with Crippen molar-refractivity contribution in [3.05, 3.63) is 49.1 Å². The van der Waals surface area contributed by atoms with Crippen molar-refractivity contribution in [1.29, 1.82) is 0 Å². The molecule has 2 aromatic rings. The lowest BCUT2D eigenvalue weighted by Gasteiger charge is -2.23. The van der Waals surface area contributed by atoms with Crippen molar-refractivity contribution in [1.82, 2.24) is 19.6 Å². The van der Waals surface area contributed by atoms with Crippen LogP contribution in [0.3, 0.4) is 0 Å². The minimum absolute atomic E-state index is 0.248. The third-order valence-electron chi connectivity index (χ3n) is 7.36. The average Bonchev–Trinajstić information content (AvgIpc) is 3.75. The zero-order chi connectivity index (χ0) is 27.3. The molecule has 0 spiro atoms. The molecule has 0 aliphatic carbocycles. The molecular formula is C28H38N8O4. The van der Waals surface area contributed by atoms with Gasteiger partial charge in [-0.15, -0.1) is 0 Å². The Balaban J connectivity index is 0.818. The maximum atomic E-state index is 6.14. The summed E-state index contributed by atoms with van der Waals surface area (Å²) < 4.78 is 21.6. The van der Waals surface area contributed by atoms with Gasteiger partial charge in [0.15, 0.2) is 23.0 Å². The molecule has 6 rings (SSSR count). The van der Waals surface area contributed by atoms with E-state index in [9.17, 15) is 0 Å². The number of nitrogens with one attached hydrogen (secondary N) is 2. The second-order valence-electron chi connectivity index (χ2n) is 10.3. The molecular weight excluding hydrogens is 512 g/mol. The zero-order valence-electron chi connectivity index (χ0n) is 22.7. The lowest BCUT2D eigenvalue weighted by atomic mass is 10.2. The Labute approximate surface area is 234 Å². The Hall–Kier alpha value is -4.48. The van der Waals surface area contributed by atoms with Gasteiger partial charge in [0, 0.05) is 88.3 Å². The van der Waals surface area contributed by atoms with Gasteiger partial charge in [-0.25, -0.2) is 0 Å². The van der Waals surface area contributed by atoms with E-state index < -0.39 is 0 Å². The van der Waals surface area contributed by atoms with Gasteiger partial charge in [0.2, 0.25) is 13.6 Å². The molecule has 0 bridgehead atoms. The Morgan fingerprint density at radius 2 is 0.925 bits per heavy atom. The van der Waals surface area contributed by atoms with Gasteiger partial charge in [0.25, 0.3) is 0 Å². The highest BCUT2D eigenvalue weighted by Gasteiger charge is 2.18. The predicted molar refractivity (Wildman–Crippen MR) is 155 cm³/mol. The van der Waals surface area contributed by atoms with Gasteiger partial charge < -0.3 is 60.6 Å². The normalized spacial score (nSPS) is 16.5.